The Morgan fingerprint density at radius 2 is 1.55 bits per heavy atom. The number of ether oxygens (including phenoxy) is 2. The molecular formula is C54H52F3N7O8S. The number of aliphatic hydroxyl groups is 1. The molecule has 1 aromatic heterocycles. The molecule has 0 radical (unpaired) electrons. The molecule has 0 bridgehead atoms. The molecular weight excluding hydrogens is 964 g/mol. The third-order valence-electron chi connectivity index (χ3n) is 12.8. The zero-order valence-electron chi connectivity index (χ0n) is 40.7. The van der Waals surface area contributed by atoms with Crippen LogP contribution in [-0.2, 0) is 38.5 Å². The summed E-state index contributed by atoms with van der Waals surface area (Å²) in [6, 6.07) is 26.4. The Bertz CT molecular complexity index is 3150. The van der Waals surface area contributed by atoms with Crippen LogP contribution >= 0.6 is 11.3 Å². The first-order valence-corrected chi connectivity index (χ1v) is 24.1. The largest absolute Gasteiger partial charge is 0.489 e. The van der Waals surface area contributed by atoms with Gasteiger partial charge in [0.1, 0.15) is 35.7 Å². The van der Waals surface area contributed by atoms with Crippen LogP contribution in [0.4, 0.5) is 29.3 Å². The molecule has 3 N–H and O–H groups in total. The lowest BCUT2D eigenvalue weighted by Gasteiger charge is -2.35. The second kappa shape index (κ2) is 20.4. The van der Waals surface area contributed by atoms with Crippen LogP contribution < -0.4 is 29.9 Å². The van der Waals surface area contributed by atoms with Crippen LogP contribution in [0.5, 0.6) is 11.5 Å². The highest BCUT2D eigenvalue weighted by atomic mass is 32.1. The van der Waals surface area contributed by atoms with Crippen LogP contribution in [0.2, 0.25) is 0 Å². The number of aliphatic hydroxyl groups excluding tert-OH is 1. The van der Waals surface area contributed by atoms with E-state index in [1.165, 1.54) is 29.7 Å². The molecule has 0 unspecified atom stereocenters. The molecule has 2 saturated heterocycles. The molecule has 8 rings (SSSR count). The zero-order chi connectivity index (χ0) is 52.6. The maximum atomic E-state index is 14.1. The van der Waals surface area contributed by atoms with Crippen molar-refractivity contribution in [3.05, 3.63) is 137 Å². The molecule has 0 spiro atoms. The normalized spacial score (nSPS) is 17.1. The van der Waals surface area contributed by atoms with Crippen molar-refractivity contribution in [1.29, 1.82) is 5.26 Å². The Hall–Kier alpha value is -7.82. The van der Waals surface area contributed by atoms with Gasteiger partial charge >= 0.3 is 12.2 Å². The van der Waals surface area contributed by atoms with Crippen molar-refractivity contribution in [2.45, 2.75) is 91.0 Å². The first-order chi connectivity index (χ1) is 34.5. The number of rotatable bonds is 14. The fraction of sp³-hybridized carbons (Fsp3) is 0.315. The van der Waals surface area contributed by atoms with Gasteiger partial charge in [0.25, 0.3) is 11.8 Å². The monoisotopic (exact) mass is 1020 g/mol. The van der Waals surface area contributed by atoms with Crippen molar-refractivity contribution in [2.24, 2.45) is 5.41 Å². The molecule has 0 saturated carbocycles. The number of aryl methyl sites for hydroxylation is 1. The summed E-state index contributed by atoms with van der Waals surface area (Å²) < 4.78 is 53.1. The van der Waals surface area contributed by atoms with Gasteiger partial charge < -0.3 is 30.1 Å². The lowest BCUT2D eigenvalue weighted by Crippen LogP contribution is -2.58. The van der Waals surface area contributed by atoms with Gasteiger partial charge in [0.2, 0.25) is 11.8 Å². The van der Waals surface area contributed by atoms with Gasteiger partial charge in [0.15, 0.2) is 6.61 Å². The number of hydrogen-bond donors (Lipinski definition) is 3. The molecule has 2 aliphatic heterocycles. The number of likely N-dealkylation sites (tertiary alicyclic amines) is 1. The van der Waals surface area contributed by atoms with Crippen molar-refractivity contribution < 1.29 is 51.7 Å². The minimum Gasteiger partial charge on any atom is -0.489 e. The number of nitrogens with zero attached hydrogens (tertiary/aromatic N) is 5. The zero-order valence-corrected chi connectivity index (χ0v) is 41.6. The molecule has 6 amide bonds. The van der Waals surface area contributed by atoms with Crippen LogP contribution in [0.3, 0.4) is 0 Å². The first kappa shape index (κ1) is 51.5. The smallest absolute Gasteiger partial charge is 0.417 e. The van der Waals surface area contributed by atoms with Gasteiger partial charge in [-0.1, -0.05) is 63.2 Å². The number of urea groups is 1. The lowest BCUT2D eigenvalue weighted by atomic mass is 9.85. The maximum Gasteiger partial charge on any atom is 0.417 e. The number of imide groups is 1. The number of carbonyl (C=O) groups excluding carboxylic acids is 5. The Morgan fingerprint density at radius 3 is 2.21 bits per heavy atom. The molecule has 19 heteroatoms. The number of halogens is 3. The molecule has 3 heterocycles. The van der Waals surface area contributed by atoms with Gasteiger partial charge in [-0.05, 0) is 114 Å². The minimum atomic E-state index is -4.88. The second-order valence-electron chi connectivity index (χ2n) is 19.5. The fourth-order valence-corrected chi connectivity index (χ4v) is 9.71. The molecule has 3 atom stereocenters. The third kappa shape index (κ3) is 11.0. The van der Waals surface area contributed by atoms with E-state index in [1.807, 2.05) is 55.5 Å². The van der Waals surface area contributed by atoms with Gasteiger partial charge in [-0.25, -0.2) is 14.7 Å². The quantitative estimate of drug-likeness (QED) is 0.0889. The lowest BCUT2D eigenvalue weighted by molar-refractivity contribution is -0.144. The number of fused-ring (bicyclic) bond motifs is 1. The minimum absolute atomic E-state index is 0.0564. The number of alkyl halides is 3. The highest BCUT2D eigenvalue weighted by Gasteiger charge is 2.53. The number of carbonyl (C=O) groups is 5. The van der Waals surface area contributed by atoms with Crippen LogP contribution in [0.15, 0.2) is 109 Å². The van der Waals surface area contributed by atoms with E-state index >= 15 is 0 Å². The van der Waals surface area contributed by atoms with E-state index in [0.717, 1.165) is 50.2 Å². The topological polar surface area (TPSA) is 194 Å². The standard InChI is InChI=1S/C54H52F3N7O8S/c1-31-46(73-30-60-31)34-10-7-32(8-11-34)26-59-48(67)44-24-40(65)27-62(44)49(68)47(52(2,3)4)61-45(66)29-72-42-18-14-35-21-33(9-12-36(35)22-42)28-71-41-19-16-38(17-20-41)64-51(70)63(50(69)53(64,5)6)39-15-13-37(25-58)43(23-39)54(55,56)57/h7-23,30,40,44,47,65H,24,26-29H2,1-6H3,(H,59,67)(H,61,66)/t40-,44+,47-/m1/s1. The highest BCUT2D eigenvalue weighted by Crippen LogP contribution is 2.40. The van der Waals surface area contributed by atoms with Crippen molar-refractivity contribution in [2.75, 3.05) is 23.0 Å². The second-order valence-corrected chi connectivity index (χ2v) is 20.4. The molecule has 5 aromatic carbocycles. The van der Waals surface area contributed by atoms with Crippen molar-refractivity contribution in [3.8, 4) is 28.0 Å². The molecule has 6 aromatic rings. The number of β-amino-alcohol motifs (C(OH)–C–C–N with tert-alkyl or cyclic N) is 1. The number of benzene rings is 5. The van der Waals surface area contributed by atoms with Crippen LogP contribution in [0.25, 0.3) is 21.2 Å². The van der Waals surface area contributed by atoms with E-state index in [0.29, 0.717) is 28.2 Å². The molecule has 2 aliphatic rings. The Morgan fingerprint density at radius 1 is 0.890 bits per heavy atom. The van der Waals surface area contributed by atoms with Crippen LogP contribution in [-0.4, -0.2) is 81.5 Å². The first-order valence-electron chi connectivity index (χ1n) is 23.3. The number of anilines is 2. The molecule has 378 valence electrons. The summed E-state index contributed by atoms with van der Waals surface area (Å²) in [6.45, 7) is 10.3. The van der Waals surface area contributed by atoms with Gasteiger partial charge in [-0.15, -0.1) is 11.3 Å². The predicted octanol–water partition coefficient (Wildman–Crippen LogP) is 8.68. The van der Waals surface area contributed by atoms with Crippen LogP contribution in [0.1, 0.15) is 69.0 Å². The van der Waals surface area contributed by atoms with E-state index < -0.39 is 82.7 Å². The van der Waals surface area contributed by atoms with E-state index in [1.54, 1.807) is 74.0 Å². The summed E-state index contributed by atoms with van der Waals surface area (Å²) in [6.07, 6.45) is -5.75. The summed E-state index contributed by atoms with van der Waals surface area (Å²) in [5, 5.41) is 27.2. The van der Waals surface area contributed by atoms with Gasteiger partial charge in [0, 0.05) is 25.2 Å². The fourth-order valence-electron chi connectivity index (χ4n) is 8.90. The van der Waals surface area contributed by atoms with Gasteiger partial charge in [-0.2, -0.15) is 18.4 Å². The summed E-state index contributed by atoms with van der Waals surface area (Å²) in [5.41, 5.74) is 1.32. The van der Waals surface area contributed by atoms with E-state index in [-0.39, 0.29) is 31.8 Å². The van der Waals surface area contributed by atoms with Crippen molar-refractivity contribution in [3.63, 3.8) is 0 Å². The summed E-state index contributed by atoms with van der Waals surface area (Å²) in [7, 11) is 0. The highest BCUT2D eigenvalue weighted by molar-refractivity contribution is 7.13. The summed E-state index contributed by atoms with van der Waals surface area (Å²) >= 11 is 1.55. The number of amides is 6. The van der Waals surface area contributed by atoms with Gasteiger partial charge in [-0.3, -0.25) is 24.1 Å². The van der Waals surface area contributed by atoms with Gasteiger partial charge in [0.05, 0.1) is 45.1 Å². The number of nitriles is 1. The number of aromatic nitrogens is 1. The Kier molecular flexibility index (Phi) is 14.4. The molecule has 15 nitrogen and oxygen atoms in total. The maximum absolute atomic E-state index is 14.1. The average molecular weight is 1020 g/mol. The summed E-state index contributed by atoms with van der Waals surface area (Å²) in [5.74, 6) is -1.35. The number of thiazole rings is 1. The van der Waals surface area contributed by atoms with Crippen molar-refractivity contribution in [1.82, 2.24) is 20.5 Å². The predicted molar refractivity (Wildman–Crippen MR) is 267 cm³/mol. The number of hydrogen-bond acceptors (Lipinski definition) is 11. The molecule has 2 fully saturated rings. The van der Waals surface area contributed by atoms with E-state index in [9.17, 15) is 47.5 Å². The molecule has 73 heavy (non-hydrogen) atoms. The van der Waals surface area contributed by atoms with Crippen molar-refractivity contribution >= 4 is 63.1 Å². The average Bonchev–Trinajstić information content (AvgIpc) is 4.02. The number of nitrogens with one attached hydrogen (secondary N) is 2. The molecule has 0 aliphatic carbocycles. The third-order valence-corrected chi connectivity index (χ3v) is 13.8. The van der Waals surface area contributed by atoms with Crippen LogP contribution in [0, 0.1) is 23.7 Å². The van der Waals surface area contributed by atoms with E-state index in [4.69, 9.17) is 9.47 Å². The Labute approximate surface area is 423 Å². The van der Waals surface area contributed by atoms with E-state index in [2.05, 4.69) is 15.6 Å². The SMILES string of the molecule is Cc1ncsc1-c1ccc(CNC(=O)[C@@H]2C[C@@H](O)CN2C(=O)[C@@H](NC(=O)COc2ccc3cc(COc4ccc(N5C(=O)N(c6ccc(C#N)c(C(F)(F)F)c6)C(=O)C5(C)C)cc4)ccc3c2)C(C)(C)C)cc1. The Balaban J connectivity index is 0.844. The summed E-state index contributed by atoms with van der Waals surface area (Å²) in [4.78, 5) is 76.8.